The molecule has 0 N–H and O–H groups in total. The van der Waals surface area contributed by atoms with Crippen LogP contribution in [-0.4, -0.2) is 75.3 Å². The van der Waals surface area contributed by atoms with Gasteiger partial charge in [0.05, 0.1) is 6.61 Å². The van der Waals surface area contributed by atoms with E-state index in [4.69, 9.17) is 28.1 Å². The lowest BCUT2D eigenvalue weighted by atomic mass is 10.2. The van der Waals surface area contributed by atoms with Crippen molar-refractivity contribution in [3.05, 3.63) is 0 Å². The first-order chi connectivity index (χ1) is 15.8. The zero-order chi connectivity index (χ0) is 27.7. The Morgan fingerprint density at radius 3 is 1.17 bits per heavy atom. The smallest absolute Gasteiger partial charge is 0.347 e. The molecule has 0 aliphatic carbocycles. The van der Waals surface area contributed by atoms with Crippen LogP contribution in [0.3, 0.4) is 0 Å². The summed E-state index contributed by atoms with van der Waals surface area (Å²) in [5, 5.41) is -0.123. The lowest BCUT2D eigenvalue weighted by Crippen LogP contribution is -2.46. The second kappa shape index (κ2) is 13.6. The second-order valence-corrected chi connectivity index (χ2v) is 14.3. The lowest BCUT2D eigenvalue weighted by molar-refractivity contribution is -0.185. The molecule has 0 saturated heterocycles. The molecule has 0 spiro atoms. The molecule has 0 bridgehead atoms. The standard InChI is InChI=1S/C23H40O11Si/c1-12-29-18(24)13(2)30-19(25)14(3)31-20(26)15(4)32-21(27)16(5)33-22(28)17(6)34-35(10,11)23(7,8)9/h13-17H,12H2,1-11H3/t13-,14-,15-,16-,17-/m0/s1. The third kappa shape index (κ3) is 10.8. The van der Waals surface area contributed by atoms with Gasteiger partial charge in [-0.1, -0.05) is 20.8 Å². The van der Waals surface area contributed by atoms with E-state index in [0.717, 1.165) is 0 Å². The van der Waals surface area contributed by atoms with Crippen LogP contribution in [0.1, 0.15) is 62.3 Å². The highest BCUT2D eigenvalue weighted by atomic mass is 28.4. The first-order valence-corrected chi connectivity index (χ1v) is 14.4. The first kappa shape index (κ1) is 32.5. The van der Waals surface area contributed by atoms with Gasteiger partial charge < -0.3 is 28.1 Å². The van der Waals surface area contributed by atoms with Crippen LogP contribution in [0.25, 0.3) is 0 Å². The minimum Gasteiger partial charge on any atom is -0.463 e. The SMILES string of the molecule is CCOC(=O)[C@H](C)OC(=O)[C@H](C)OC(=O)[C@H](C)OC(=O)[C@H](C)OC(=O)[C@H](C)O[Si](C)(C)C(C)(C)C. The maximum atomic E-state index is 12.4. The van der Waals surface area contributed by atoms with Crippen molar-refractivity contribution in [3.63, 3.8) is 0 Å². The Hall–Kier alpha value is -2.47. The highest BCUT2D eigenvalue weighted by Crippen LogP contribution is 2.37. The molecular formula is C23H40O11Si. The van der Waals surface area contributed by atoms with E-state index in [0.29, 0.717) is 0 Å². The molecule has 0 unspecified atom stereocenters. The van der Waals surface area contributed by atoms with Crippen LogP contribution in [0.4, 0.5) is 0 Å². The molecule has 0 aromatic rings. The summed E-state index contributed by atoms with van der Waals surface area (Å²) in [6.07, 6.45) is -6.16. The highest BCUT2D eigenvalue weighted by molar-refractivity contribution is 6.74. The predicted octanol–water partition coefficient (Wildman–Crippen LogP) is 2.69. The molecule has 5 atom stereocenters. The van der Waals surface area contributed by atoms with Gasteiger partial charge in [-0.15, -0.1) is 0 Å². The number of esters is 5. The summed E-state index contributed by atoms with van der Waals surface area (Å²) in [5.74, 6) is -4.46. The normalized spacial score (nSPS) is 16.1. The van der Waals surface area contributed by atoms with Gasteiger partial charge in [0.2, 0.25) is 0 Å². The van der Waals surface area contributed by atoms with Crippen molar-refractivity contribution in [1.29, 1.82) is 0 Å². The topological polar surface area (TPSA) is 141 Å². The van der Waals surface area contributed by atoms with Crippen LogP contribution in [0, 0.1) is 0 Å². The van der Waals surface area contributed by atoms with E-state index < -0.39 is 68.7 Å². The third-order valence-corrected chi connectivity index (χ3v) is 9.95. The number of hydrogen-bond acceptors (Lipinski definition) is 11. The molecule has 0 aliphatic rings. The van der Waals surface area contributed by atoms with Gasteiger partial charge in [0, 0.05) is 0 Å². The number of carbonyl (C=O) groups excluding carboxylic acids is 5. The van der Waals surface area contributed by atoms with Crippen LogP contribution in [0.5, 0.6) is 0 Å². The maximum absolute atomic E-state index is 12.4. The monoisotopic (exact) mass is 520 g/mol. The molecule has 0 radical (unpaired) electrons. The van der Waals surface area contributed by atoms with Crippen LogP contribution in [0.2, 0.25) is 18.1 Å². The van der Waals surface area contributed by atoms with Crippen molar-refractivity contribution in [2.75, 3.05) is 6.61 Å². The molecule has 0 amide bonds. The second-order valence-electron chi connectivity index (χ2n) is 9.59. The maximum Gasteiger partial charge on any atom is 0.347 e. The molecule has 202 valence electrons. The molecule has 0 saturated carbocycles. The van der Waals surface area contributed by atoms with Crippen molar-refractivity contribution < 1.29 is 52.1 Å². The lowest BCUT2D eigenvalue weighted by Gasteiger charge is -2.37. The summed E-state index contributed by atoms with van der Waals surface area (Å²) in [5.41, 5.74) is 0. The van der Waals surface area contributed by atoms with E-state index in [1.807, 2.05) is 33.9 Å². The number of ether oxygens (including phenoxy) is 5. The van der Waals surface area contributed by atoms with E-state index in [2.05, 4.69) is 0 Å². The molecule has 0 aromatic carbocycles. The fourth-order valence-electron chi connectivity index (χ4n) is 2.20. The van der Waals surface area contributed by atoms with Gasteiger partial charge in [0.25, 0.3) is 0 Å². The molecule has 0 heterocycles. The Morgan fingerprint density at radius 1 is 0.600 bits per heavy atom. The van der Waals surface area contributed by atoms with Gasteiger partial charge in [0.15, 0.2) is 32.7 Å². The molecular weight excluding hydrogens is 480 g/mol. The Labute approximate surface area is 208 Å². The summed E-state index contributed by atoms with van der Waals surface area (Å²) in [4.78, 5) is 60.4. The Kier molecular flexibility index (Phi) is 12.6. The fraction of sp³-hybridized carbons (Fsp3) is 0.783. The number of rotatable bonds is 12. The Morgan fingerprint density at radius 2 is 0.886 bits per heavy atom. The van der Waals surface area contributed by atoms with Crippen LogP contribution in [-0.2, 0) is 52.1 Å². The summed E-state index contributed by atoms with van der Waals surface area (Å²) >= 11 is 0. The van der Waals surface area contributed by atoms with E-state index in [1.54, 1.807) is 13.8 Å². The average molecular weight is 521 g/mol. The Bertz CT molecular complexity index is 772. The minimum absolute atomic E-state index is 0.116. The Balaban J connectivity index is 4.76. The number of carbonyl (C=O) groups is 5. The van der Waals surface area contributed by atoms with Crippen molar-refractivity contribution in [2.24, 2.45) is 0 Å². The van der Waals surface area contributed by atoms with Gasteiger partial charge in [0.1, 0.15) is 6.10 Å². The van der Waals surface area contributed by atoms with Crippen molar-refractivity contribution in [2.45, 2.75) is 111 Å². The van der Waals surface area contributed by atoms with Gasteiger partial charge in [-0.3, -0.25) is 0 Å². The van der Waals surface area contributed by atoms with Crippen LogP contribution in [0.15, 0.2) is 0 Å². The van der Waals surface area contributed by atoms with Gasteiger partial charge >= 0.3 is 29.8 Å². The summed E-state index contributed by atoms with van der Waals surface area (Å²) < 4.78 is 30.6. The van der Waals surface area contributed by atoms with E-state index >= 15 is 0 Å². The minimum atomic E-state index is -2.24. The number of hydrogen-bond donors (Lipinski definition) is 0. The third-order valence-electron chi connectivity index (χ3n) is 5.40. The quantitative estimate of drug-likeness (QED) is 0.213. The average Bonchev–Trinajstić information content (AvgIpc) is 2.72. The fourth-order valence-corrected chi connectivity index (χ4v) is 3.53. The predicted molar refractivity (Wildman–Crippen MR) is 127 cm³/mol. The molecule has 0 rings (SSSR count). The van der Waals surface area contributed by atoms with E-state index in [9.17, 15) is 24.0 Å². The van der Waals surface area contributed by atoms with Crippen LogP contribution < -0.4 is 0 Å². The van der Waals surface area contributed by atoms with Gasteiger partial charge in [-0.25, -0.2) is 24.0 Å². The molecule has 35 heavy (non-hydrogen) atoms. The molecule has 12 heteroatoms. The first-order valence-electron chi connectivity index (χ1n) is 11.5. The van der Waals surface area contributed by atoms with Crippen LogP contribution >= 0.6 is 0 Å². The van der Waals surface area contributed by atoms with E-state index in [1.165, 1.54) is 27.7 Å². The summed E-state index contributed by atoms with van der Waals surface area (Å²) in [7, 11) is -2.24. The van der Waals surface area contributed by atoms with E-state index in [-0.39, 0.29) is 11.6 Å². The largest absolute Gasteiger partial charge is 0.463 e. The molecule has 0 aliphatic heterocycles. The van der Waals surface area contributed by atoms with Gasteiger partial charge in [-0.2, -0.15) is 0 Å². The highest BCUT2D eigenvalue weighted by Gasteiger charge is 2.40. The molecule has 0 aromatic heterocycles. The molecule has 0 fully saturated rings. The van der Waals surface area contributed by atoms with Crippen molar-refractivity contribution >= 4 is 38.2 Å². The molecule has 11 nitrogen and oxygen atoms in total. The van der Waals surface area contributed by atoms with Crippen molar-refractivity contribution in [3.8, 4) is 0 Å². The summed E-state index contributed by atoms with van der Waals surface area (Å²) in [6, 6.07) is 0. The van der Waals surface area contributed by atoms with Crippen molar-refractivity contribution in [1.82, 2.24) is 0 Å². The summed E-state index contributed by atoms with van der Waals surface area (Å²) in [6.45, 7) is 18.4. The van der Waals surface area contributed by atoms with Gasteiger partial charge in [-0.05, 0) is 59.7 Å². The zero-order valence-corrected chi connectivity index (χ0v) is 23.6. The zero-order valence-electron chi connectivity index (χ0n) is 22.6.